The molecule has 4 nitrogen and oxygen atoms in total. The maximum atomic E-state index is 11.4. The number of sulfone groups is 1. The van der Waals surface area contributed by atoms with Gasteiger partial charge >= 0.3 is 0 Å². The number of hydrogen-bond acceptors (Lipinski definition) is 4. The van der Waals surface area contributed by atoms with E-state index in [2.05, 4.69) is 5.32 Å². The van der Waals surface area contributed by atoms with Gasteiger partial charge in [0.15, 0.2) is 0 Å². The zero-order chi connectivity index (χ0) is 12.8. The predicted octanol–water partition coefficient (Wildman–Crippen LogP) is 1.16. The Bertz CT molecular complexity index is 315. The van der Waals surface area contributed by atoms with Gasteiger partial charge in [0.1, 0.15) is 15.6 Å². The van der Waals surface area contributed by atoms with E-state index in [4.69, 9.17) is 0 Å². The maximum Gasteiger partial charge on any atom is 0.150 e. The van der Waals surface area contributed by atoms with Gasteiger partial charge in [-0.25, -0.2) is 8.42 Å². The first-order valence-corrected chi connectivity index (χ1v) is 7.45. The molecule has 0 unspecified atom stereocenters. The van der Waals surface area contributed by atoms with Crippen molar-refractivity contribution < 1.29 is 13.2 Å². The summed E-state index contributed by atoms with van der Waals surface area (Å²) in [5.41, 5.74) is -0.00419. The second-order valence-electron chi connectivity index (χ2n) is 4.95. The molecule has 0 amide bonds. The molecule has 96 valence electrons. The number of nitrogens with one attached hydrogen (secondary N) is 1. The smallest absolute Gasteiger partial charge is 0.150 e. The summed E-state index contributed by atoms with van der Waals surface area (Å²) in [4.78, 5) is 11.4. The van der Waals surface area contributed by atoms with Crippen molar-refractivity contribution in [3.05, 3.63) is 0 Å². The Hall–Kier alpha value is -0.420. The highest BCUT2D eigenvalue weighted by molar-refractivity contribution is 7.91. The van der Waals surface area contributed by atoms with Crippen molar-refractivity contribution in [2.24, 2.45) is 0 Å². The third-order valence-corrected chi connectivity index (χ3v) is 3.90. The van der Waals surface area contributed by atoms with Crippen LogP contribution in [0, 0.1) is 0 Å². The second-order valence-corrected chi connectivity index (χ2v) is 7.42. The molecule has 0 atom stereocenters. The quantitative estimate of drug-likeness (QED) is 0.735. The molecule has 0 aliphatic rings. The number of Topliss-reactive ketones (excluding diaryl/α,β-unsaturated/α-hetero) is 1. The van der Waals surface area contributed by atoms with E-state index in [0.29, 0.717) is 13.0 Å². The van der Waals surface area contributed by atoms with Gasteiger partial charge < -0.3 is 5.32 Å². The number of ketones is 1. The highest BCUT2D eigenvalue weighted by Gasteiger charge is 2.12. The molecule has 0 heterocycles. The third kappa shape index (κ3) is 8.85. The van der Waals surface area contributed by atoms with E-state index in [-0.39, 0.29) is 29.2 Å². The lowest BCUT2D eigenvalue weighted by molar-refractivity contribution is -0.118. The molecule has 0 aromatic rings. The topological polar surface area (TPSA) is 63.2 Å². The zero-order valence-electron chi connectivity index (χ0n) is 10.7. The molecule has 0 aromatic heterocycles. The summed E-state index contributed by atoms with van der Waals surface area (Å²) in [6.45, 7) is 8.28. The van der Waals surface area contributed by atoms with E-state index in [1.807, 2.05) is 20.8 Å². The molecule has 0 aromatic carbocycles. The first kappa shape index (κ1) is 15.6. The van der Waals surface area contributed by atoms with E-state index in [1.54, 1.807) is 6.92 Å². The summed E-state index contributed by atoms with van der Waals surface area (Å²) in [6, 6.07) is 0. The maximum absolute atomic E-state index is 11.4. The molecule has 0 fully saturated rings. The van der Waals surface area contributed by atoms with Crippen LogP contribution in [-0.4, -0.2) is 37.8 Å². The molecule has 0 aliphatic heterocycles. The number of carbonyl (C=O) groups excluding carboxylic acids is 1. The Kier molecular flexibility index (Phi) is 6.18. The van der Waals surface area contributed by atoms with E-state index < -0.39 is 9.84 Å². The van der Waals surface area contributed by atoms with E-state index >= 15 is 0 Å². The molecule has 16 heavy (non-hydrogen) atoms. The van der Waals surface area contributed by atoms with Crippen LogP contribution in [0.25, 0.3) is 0 Å². The molecule has 0 saturated carbocycles. The number of rotatable bonds is 7. The summed E-state index contributed by atoms with van der Waals surface area (Å²) in [7, 11) is -3.01. The summed E-state index contributed by atoms with van der Waals surface area (Å²) in [5, 5.41) is 3.19. The van der Waals surface area contributed by atoms with Gasteiger partial charge in [-0.1, -0.05) is 6.92 Å². The fourth-order valence-corrected chi connectivity index (χ4v) is 1.94. The molecule has 0 radical (unpaired) electrons. The zero-order valence-corrected chi connectivity index (χ0v) is 11.5. The third-order valence-electron chi connectivity index (χ3n) is 2.19. The van der Waals surface area contributed by atoms with Crippen molar-refractivity contribution in [3.63, 3.8) is 0 Å². The van der Waals surface area contributed by atoms with Crippen LogP contribution in [-0.2, 0) is 14.6 Å². The average molecular weight is 249 g/mol. The van der Waals surface area contributed by atoms with E-state index in [0.717, 1.165) is 0 Å². The monoisotopic (exact) mass is 249 g/mol. The van der Waals surface area contributed by atoms with Crippen LogP contribution in [0.2, 0.25) is 0 Å². The lowest BCUT2D eigenvalue weighted by Gasteiger charge is -2.20. The van der Waals surface area contributed by atoms with Crippen molar-refractivity contribution in [2.45, 2.75) is 46.1 Å². The van der Waals surface area contributed by atoms with Gasteiger partial charge in [-0.05, 0) is 20.8 Å². The number of hydrogen-bond donors (Lipinski definition) is 1. The standard InChI is InChI=1S/C11H23NO3S/c1-5-16(14,15)9-7-10(13)6-8-12-11(2,3)4/h12H,5-9H2,1-4H3. The van der Waals surface area contributed by atoms with Gasteiger partial charge in [0.25, 0.3) is 0 Å². The fourth-order valence-electron chi connectivity index (χ4n) is 1.12. The van der Waals surface area contributed by atoms with Gasteiger partial charge in [0, 0.05) is 30.7 Å². The van der Waals surface area contributed by atoms with Crippen LogP contribution in [0.15, 0.2) is 0 Å². The summed E-state index contributed by atoms with van der Waals surface area (Å²) in [6.07, 6.45) is 0.540. The van der Waals surface area contributed by atoms with Crippen LogP contribution >= 0.6 is 0 Å². The highest BCUT2D eigenvalue weighted by Crippen LogP contribution is 2.00. The molecule has 0 aliphatic carbocycles. The molecule has 0 spiro atoms. The van der Waals surface area contributed by atoms with Crippen molar-refractivity contribution in [1.82, 2.24) is 5.32 Å². The van der Waals surface area contributed by atoms with Crippen LogP contribution in [0.3, 0.4) is 0 Å². The van der Waals surface area contributed by atoms with Crippen molar-refractivity contribution >= 4 is 15.6 Å². The summed E-state index contributed by atoms with van der Waals surface area (Å²) >= 11 is 0. The Labute approximate surface area is 98.7 Å². The van der Waals surface area contributed by atoms with Gasteiger partial charge in [0.05, 0.1) is 5.75 Å². The van der Waals surface area contributed by atoms with Crippen LogP contribution < -0.4 is 5.32 Å². The fraction of sp³-hybridized carbons (Fsp3) is 0.909. The van der Waals surface area contributed by atoms with Crippen molar-refractivity contribution in [3.8, 4) is 0 Å². The minimum absolute atomic E-state index is 0.00419. The van der Waals surface area contributed by atoms with Crippen molar-refractivity contribution in [2.75, 3.05) is 18.1 Å². The Morgan fingerprint density at radius 2 is 1.75 bits per heavy atom. The molecule has 0 bridgehead atoms. The molecular weight excluding hydrogens is 226 g/mol. The Balaban J connectivity index is 3.77. The highest BCUT2D eigenvalue weighted by atomic mass is 32.2. The van der Waals surface area contributed by atoms with Gasteiger partial charge in [-0.3, -0.25) is 4.79 Å². The minimum atomic E-state index is -3.01. The van der Waals surface area contributed by atoms with Gasteiger partial charge in [-0.2, -0.15) is 0 Å². The van der Waals surface area contributed by atoms with Crippen LogP contribution in [0.4, 0.5) is 0 Å². The SMILES string of the molecule is CCS(=O)(=O)CCC(=O)CCNC(C)(C)C. The molecular formula is C11H23NO3S. The Morgan fingerprint density at radius 3 is 2.19 bits per heavy atom. The van der Waals surface area contributed by atoms with E-state index in [1.165, 1.54) is 0 Å². The molecule has 0 rings (SSSR count). The average Bonchev–Trinajstić information content (AvgIpc) is 2.13. The first-order valence-electron chi connectivity index (χ1n) is 5.63. The minimum Gasteiger partial charge on any atom is -0.312 e. The van der Waals surface area contributed by atoms with Crippen molar-refractivity contribution in [1.29, 1.82) is 0 Å². The summed E-state index contributed by atoms with van der Waals surface area (Å²) in [5.74, 6) is 0.104. The second kappa shape index (κ2) is 6.35. The predicted molar refractivity (Wildman–Crippen MR) is 66.3 cm³/mol. The van der Waals surface area contributed by atoms with E-state index in [9.17, 15) is 13.2 Å². The number of carbonyl (C=O) groups is 1. The van der Waals surface area contributed by atoms with Crippen LogP contribution in [0.5, 0.6) is 0 Å². The normalized spacial score (nSPS) is 12.8. The van der Waals surface area contributed by atoms with Crippen LogP contribution in [0.1, 0.15) is 40.5 Å². The molecule has 0 saturated heterocycles. The van der Waals surface area contributed by atoms with Gasteiger partial charge in [0.2, 0.25) is 0 Å². The molecule has 5 heteroatoms. The lowest BCUT2D eigenvalue weighted by Crippen LogP contribution is -2.37. The molecule has 1 N–H and O–H groups in total. The van der Waals surface area contributed by atoms with Gasteiger partial charge in [-0.15, -0.1) is 0 Å². The summed E-state index contributed by atoms with van der Waals surface area (Å²) < 4.78 is 22.3. The lowest BCUT2D eigenvalue weighted by atomic mass is 10.1. The first-order chi connectivity index (χ1) is 7.16. The Morgan fingerprint density at radius 1 is 1.19 bits per heavy atom. The largest absolute Gasteiger partial charge is 0.312 e.